The summed E-state index contributed by atoms with van der Waals surface area (Å²) in [7, 11) is 5.60. The van der Waals surface area contributed by atoms with E-state index in [2.05, 4.69) is 5.32 Å². The standard InChI is InChI=1S/C20H33BN2O4/c1-7-15-16(27-20(5,6)23(15)18(21)26)10-12-8-9-13(24)11-14(12)17(25)22-19(2,3)4/h12,14-16H,7-11H2,1-6H3,(H,22,25)/t12?,14?,15-,16+/m0/s1. The zero-order valence-electron chi connectivity index (χ0n) is 17.5. The molecule has 7 heteroatoms. The molecule has 0 aromatic heterocycles. The van der Waals surface area contributed by atoms with E-state index in [0.29, 0.717) is 19.3 Å². The van der Waals surface area contributed by atoms with Gasteiger partial charge in [0.1, 0.15) is 11.5 Å². The van der Waals surface area contributed by atoms with Crippen LogP contribution in [0.25, 0.3) is 0 Å². The molecule has 1 saturated heterocycles. The van der Waals surface area contributed by atoms with Gasteiger partial charge in [-0.1, -0.05) is 6.92 Å². The predicted molar refractivity (Wildman–Crippen MR) is 104 cm³/mol. The minimum Gasteiger partial charge on any atom is -0.351 e. The van der Waals surface area contributed by atoms with Crippen molar-refractivity contribution in [1.29, 1.82) is 0 Å². The highest BCUT2D eigenvalue weighted by Crippen LogP contribution is 2.40. The molecule has 2 fully saturated rings. The number of amides is 2. The van der Waals surface area contributed by atoms with Gasteiger partial charge in [-0.2, -0.15) is 0 Å². The Balaban J connectivity index is 2.18. The predicted octanol–water partition coefficient (Wildman–Crippen LogP) is 2.78. The van der Waals surface area contributed by atoms with Crippen molar-refractivity contribution in [3.63, 3.8) is 0 Å². The molecule has 4 atom stereocenters. The molecule has 1 N–H and O–H groups in total. The summed E-state index contributed by atoms with van der Waals surface area (Å²) < 4.78 is 6.19. The van der Waals surface area contributed by atoms with E-state index in [1.807, 2.05) is 41.5 Å². The highest BCUT2D eigenvalue weighted by molar-refractivity contribution is 6.57. The summed E-state index contributed by atoms with van der Waals surface area (Å²) in [6.07, 6.45) is 2.62. The van der Waals surface area contributed by atoms with Gasteiger partial charge < -0.3 is 15.0 Å². The van der Waals surface area contributed by atoms with Gasteiger partial charge in [-0.15, -0.1) is 0 Å². The molecule has 0 bridgehead atoms. The van der Waals surface area contributed by atoms with Gasteiger partial charge >= 0.3 is 0 Å². The van der Waals surface area contributed by atoms with Crippen molar-refractivity contribution in [2.24, 2.45) is 11.8 Å². The highest BCUT2D eigenvalue weighted by Gasteiger charge is 2.49. The SMILES string of the molecule is [B]C(=O)N1[C@@H](CC)[C@@H](CC2CCC(=O)CC2C(=O)NC(C)(C)C)OC1(C)C. The van der Waals surface area contributed by atoms with Gasteiger partial charge in [-0.05, 0) is 59.8 Å². The number of nitrogens with zero attached hydrogens (tertiary/aromatic N) is 1. The van der Waals surface area contributed by atoms with Gasteiger partial charge in [0.25, 0.3) is 0 Å². The first kappa shape index (κ1) is 21.9. The van der Waals surface area contributed by atoms with Crippen LogP contribution in [0.5, 0.6) is 0 Å². The Morgan fingerprint density at radius 2 is 1.96 bits per heavy atom. The molecule has 1 aliphatic carbocycles. The van der Waals surface area contributed by atoms with Crippen molar-refractivity contribution in [3.05, 3.63) is 0 Å². The molecule has 2 aliphatic rings. The first-order valence-corrected chi connectivity index (χ1v) is 9.96. The zero-order chi connectivity index (χ0) is 20.6. The first-order chi connectivity index (χ1) is 12.4. The monoisotopic (exact) mass is 376 g/mol. The molecule has 150 valence electrons. The Labute approximate surface area is 164 Å². The number of ketones is 1. The van der Waals surface area contributed by atoms with E-state index in [1.165, 1.54) is 0 Å². The van der Waals surface area contributed by atoms with Gasteiger partial charge in [-0.25, -0.2) is 0 Å². The van der Waals surface area contributed by atoms with Crippen molar-refractivity contribution in [2.45, 2.75) is 97.1 Å². The minimum atomic E-state index is -0.773. The molecule has 1 aliphatic heterocycles. The average Bonchev–Trinajstić information content (AvgIpc) is 2.77. The third-order valence-corrected chi connectivity index (χ3v) is 5.62. The Morgan fingerprint density at radius 3 is 2.48 bits per heavy atom. The topological polar surface area (TPSA) is 75.7 Å². The smallest absolute Gasteiger partial charge is 0.224 e. The fourth-order valence-corrected chi connectivity index (χ4v) is 4.56. The molecular weight excluding hydrogens is 343 g/mol. The third kappa shape index (κ3) is 5.12. The van der Waals surface area contributed by atoms with E-state index in [-0.39, 0.29) is 47.6 Å². The van der Waals surface area contributed by atoms with E-state index < -0.39 is 11.5 Å². The first-order valence-electron chi connectivity index (χ1n) is 9.96. The van der Waals surface area contributed by atoms with Crippen LogP contribution in [0.1, 0.15) is 73.6 Å². The number of nitrogens with one attached hydrogen (secondary N) is 1. The number of ether oxygens (including phenoxy) is 1. The van der Waals surface area contributed by atoms with Crippen molar-refractivity contribution in [1.82, 2.24) is 10.2 Å². The number of rotatable bonds is 4. The molecule has 2 rings (SSSR count). The normalized spacial score (nSPS) is 31.0. The largest absolute Gasteiger partial charge is 0.351 e. The van der Waals surface area contributed by atoms with Crippen LogP contribution in [0.15, 0.2) is 0 Å². The molecular formula is C20H33BN2O4. The molecule has 2 unspecified atom stereocenters. The number of hydrogen-bond acceptors (Lipinski definition) is 4. The third-order valence-electron chi connectivity index (χ3n) is 5.62. The lowest BCUT2D eigenvalue weighted by molar-refractivity contribution is -0.136. The van der Waals surface area contributed by atoms with Crippen molar-refractivity contribution < 1.29 is 19.1 Å². The average molecular weight is 376 g/mol. The second kappa shape index (κ2) is 7.94. The Hall–Kier alpha value is -1.37. The number of carbonyl (C=O) groups is 3. The lowest BCUT2D eigenvalue weighted by Crippen LogP contribution is -2.49. The van der Waals surface area contributed by atoms with Crippen molar-refractivity contribution >= 4 is 25.3 Å². The maximum Gasteiger partial charge on any atom is 0.224 e. The van der Waals surface area contributed by atoms with E-state index in [1.54, 1.807) is 4.90 Å². The van der Waals surface area contributed by atoms with Crippen LogP contribution in [0, 0.1) is 11.8 Å². The van der Waals surface area contributed by atoms with Crippen LogP contribution in [0.4, 0.5) is 4.79 Å². The molecule has 2 radical (unpaired) electrons. The maximum atomic E-state index is 12.8. The van der Waals surface area contributed by atoms with E-state index >= 15 is 0 Å². The molecule has 0 spiro atoms. The van der Waals surface area contributed by atoms with Crippen LogP contribution in [0.3, 0.4) is 0 Å². The van der Waals surface area contributed by atoms with Crippen molar-refractivity contribution in [3.8, 4) is 0 Å². The lowest BCUT2D eigenvalue weighted by atomic mass is 9.74. The summed E-state index contributed by atoms with van der Waals surface area (Å²) in [5, 5.41) is 3.02. The van der Waals surface area contributed by atoms with Crippen LogP contribution in [-0.4, -0.2) is 53.7 Å². The number of hydrogen-bond donors (Lipinski definition) is 1. The lowest BCUT2D eigenvalue weighted by Gasteiger charge is -2.35. The Morgan fingerprint density at radius 1 is 1.33 bits per heavy atom. The summed E-state index contributed by atoms with van der Waals surface area (Å²) in [4.78, 5) is 38.4. The quantitative estimate of drug-likeness (QED) is 0.766. The van der Waals surface area contributed by atoms with E-state index in [9.17, 15) is 14.4 Å². The van der Waals surface area contributed by atoms with Crippen LogP contribution >= 0.6 is 0 Å². The molecule has 2 amide bonds. The van der Waals surface area contributed by atoms with Crippen LogP contribution in [-0.2, 0) is 14.3 Å². The fourth-order valence-electron chi connectivity index (χ4n) is 4.56. The molecule has 1 heterocycles. The summed E-state index contributed by atoms with van der Waals surface area (Å²) in [6.45, 7) is 11.5. The summed E-state index contributed by atoms with van der Waals surface area (Å²) in [6, 6.07) is -0.124. The molecule has 0 aromatic rings. The molecule has 27 heavy (non-hydrogen) atoms. The van der Waals surface area contributed by atoms with Gasteiger partial charge in [-0.3, -0.25) is 14.4 Å². The molecule has 0 aromatic carbocycles. The molecule has 1 saturated carbocycles. The van der Waals surface area contributed by atoms with Gasteiger partial charge in [0.15, 0.2) is 5.81 Å². The number of Topliss-reactive ketones (excluding diaryl/α,β-unsaturated/α-hetero) is 1. The Kier molecular flexibility index (Phi) is 6.45. The second-order valence-corrected chi connectivity index (χ2v) is 9.41. The summed E-state index contributed by atoms with van der Waals surface area (Å²) in [5.41, 5.74) is -1.12. The summed E-state index contributed by atoms with van der Waals surface area (Å²) >= 11 is 0. The maximum absolute atomic E-state index is 12.8. The van der Waals surface area contributed by atoms with Gasteiger partial charge in [0.05, 0.1) is 12.1 Å². The fraction of sp³-hybridized carbons (Fsp3) is 0.850. The van der Waals surface area contributed by atoms with E-state index in [4.69, 9.17) is 12.6 Å². The summed E-state index contributed by atoms with van der Waals surface area (Å²) in [5.74, 6) is -0.725. The highest BCUT2D eigenvalue weighted by atomic mass is 16.5. The second-order valence-electron chi connectivity index (χ2n) is 9.41. The minimum absolute atomic E-state index is 0.0488. The number of carbonyl (C=O) groups excluding carboxylic acids is 3. The van der Waals surface area contributed by atoms with Gasteiger partial charge in [0, 0.05) is 24.3 Å². The van der Waals surface area contributed by atoms with E-state index in [0.717, 1.165) is 6.42 Å². The van der Waals surface area contributed by atoms with Crippen LogP contribution in [0.2, 0.25) is 0 Å². The van der Waals surface area contributed by atoms with Gasteiger partial charge in [0.2, 0.25) is 13.8 Å². The molecule has 6 nitrogen and oxygen atoms in total. The van der Waals surface area contributed by atoms with Crippen molar-refractivity contribution in [2.75, 3.05) is 0 Å². The van der Waals surface area contributed by atoms with Crippen LogP contribution < -0.4 is 5.32 Å². The Bertz CT molecular complexity index is 599. The zero-order valence-corrected chi connectivity index (χ0v) is 17.5.